The van der Waals surface area contributed by atoms with Gasteiger partial charge in [-0.3, -0.25) is 0 Å². The quantitative estimate of drug-likeness (QED) is 0.664. The summed E-state index contributed by atoms with van der Waals surface area (Å²) in [5.41, 5.74) is 0.838. The molecule has 0 aliphatic carbocycles. The van der Waals surface area contributed by atoms with Gasteiger partial charge in [0, 0.05) is 5.41 Å². The third kappa shape index (κ3) is 4.12. The number of benzene rings is 3. The van der Waals surface area contributed by atoms with Gasteiger partial charge < -0.3 is 4.74 Å². The van der Waals surface area contributed by atoms with Crippen molar-refractivity contribution >= 4 is 15.9 Å². The summed E-state index contributed by atoms with van der Waals surface area (Å²) in [6.45, 7) is 0. The molecule has 0 N–H and O–H groups in total. The van der Waals surface area contributed by atoms with Crippen LogP contribution in [0.1, 0.15) is 5.56 Å². The Morgan fingerprint density at radius 3 is 1.83 bits per heavy atom. The van der Waals surface area contributed by atoms with Crippen LogP contribution in [-0.2, 0) is 9.84 Å². The smallest absolute Gasteiger partial charge is 0.199 e. The minimum absolute atomic E-state index is 0.232. The van der Waals surface area contributed by atoms with Gasteiger partial charge in [-0.25, -0.2) is 8.42 Å². The lowest BCUT2D eigenvalue weighted by atomic mass is 10.2. The highest BCUT2D eigenvalue weighted by Crippen LogP contribution is 2.23. The lowest BCUT2D eigenvalue weighted by Gasteiger charge is -2.06. The average molecular weight is 336 g/mol. The van der Waals surface area contributed by atoms with Crippen molar-refractivity contribution in [3.63, 3.8) is 0 Å². The predicted octanol–water partition coefficient (Wildman–Crippen LogP) is 4.92. The number of sulfone groups is 1. The molecule has 0 spiro atoms. The summed E-state index contributed by atoms with van der Waals surface area (Å²) in [7, 11) is -3.48. The van der Waals surface area contributed by atoms with Gasteiger partial charge in [0.2, 0.25) is 0 Å². The van der Waals surface area contributed by atoms with E-state index in [0.717, 1.165) is 5.56 Å². The third-order valence-electron chi connectivity index (χ3n) is 3.37. The van der Waals surface area contributed by atoms with Crippen molar-refractivity contribution in [1.29, 1.82) is 0 Å². The van der Waals surface area contributed by atoms with E-state index in [0.29, 0.717) is 11.5 Å². The molecule has 120 valence electrons. The summed E-state index contributed by atoms with van der Waals surface area (Å²) in [4.78, 5) is 0.232. The molecular formula is C20H16O3S. The first kappa shape index (κ1) is 16.0. The van der Waals surface area contributed by atoms with Gasteiger partial charge in [0.25, 0.3) is 0 Å². The first-order chi connectivity index (χ1) is 11.6. The van der Waals surface area contributed by atoms with Gasteiger partial charge in [-0.2, -0.15) is 0 Å². The number of hydrogen-bond acceptors (Lipinski definition) is 3. The van der Waals surface area contributed by atoms with Gasteiger partial charge in [-0.1, -0.05) is 48.5 Å². The zero-order chi connectivity index (χ0) is 16.8. The van der Waals surface area contributed by atoms with Gasteiger partial charge in [0.1, 0.15) is 11.5 Å². The molecule has 0 saturated carbocycles. The Labute approximate surface area is 141 Å². The fourth-order valence-electron chi connectivity index (χ4n) is 2.13. The third-order valence-corrected chi connectivity index (χ3v) is 4.79. The van der Waals surface area contributed by atoms with Crippen LogP contribution in [-0.4, -0.2) is 8.42 Å². The van der Waals surface area contributed by atoms with Gasteiger partial charge in [-0.05, 0) is 48.0 Å². The monoisotopic (exact) mass is 336 g/mol. The molecule has 0 atom stereocenters. The van der Waals surface area contributed by atoms with Crippen molar-refractivity contribution in [2.75, 3.05) is 0 Å². The van der Waals surface area contributed by atoms with Crippen molar-refractivity contribution in [3.8, 4) is 11.5 Å². The normalized spacial score (nSPS) is 11.5. The van der Waals surface area contributed by atoms with Crippen LogP contribution in [0.15, 0.2) is 95.2 Å². The van der Waals surface area contributed by atoms with Crippen molar-refractivity contribution in [2.24, 2.45) is 0 Å². The van der Waals surface area contributed by atoms with Gasteiger partial charge in [0.15, 0.2) is 9.84 Å². The first-order valence-electron chi connectivity index (χ1n) is 7.45. The summed E-state index contributed by atoms with van der Waals surface area (Å²) in [5, 5.41) is 1.22. The fraction of sp³-hybridized carbons (Fsp3) is 0. The molecular weight excluding hydrogens is 320 g/mol. The highest BCUT2D eigenvalue weighted by atomic mass is 32.2. The number of hydrogen-bond donors (Lipinski definition) is 0. The van der Waals surface area contributed by atoms with Crippen LogP contribution in [0.5, 0.6) is 11.5 Å². The van der Waals surface area contributed by atoms with E-state index in [-0.39, 0.29) is 4.90 Å². The second-order valence-corrected chi connectivity index (χ2v) is 6.98. The van der Waals surface area contributed by atoms with Crippen LogP contribution < -0.4 is 4.74 Å². The van der Waals surface area contributed by atoms with Crippen LogP contribution in [0, 0.1) is 0 Å². The molecule has 0 fully saturated rings. The molecule has 0 amide bonds. The standard InChI is InChI=1S/C20H16O3S/c21-24(22,16-15-17-7-3-1-4-8-17)20-13-11-19(12-14-20)23-18-9-5-2-6-10-18/h1-16H/b16-15+. The van der Waals surface area contributed by atoms with E-state index in [1.165, 1.54) is 5.41 Å². The van der Waals surface area contributed by atoms with Gasteiger partial charge in [0.05, 0.1) is 4.90 Å². The molecule has 3 rings (SSSR count). The Kier molecular flexibility index (Phi) is 4.77. The largest absolute Gasteiger partial charge is 0.457 e. The summed E-state index contributed by atoms with van der Waals surface area (Å²) in [6.07, 6.45) is 1.59. The highest BCUT2D eigenvalue weighted by Gasteiger charge is 2.10. The Bertz CT molecular complexity index is 914. The highest BCUT2D eigenvalue weighted by molar-refractivity contribution is 7.94. The lowest BCUT2D eigenvalue weighted by Crippen LogP contribution is -1.96. The van der Waals surface area contributed by atoms with Crippen molar-refractivity contribution in [2.45, 2.75) is 4.90 Å². The minimum Gasteiger partial charge on any atom is -0.457 e. The maximum atomic E-state index is 12.3. The molecule has 0 aliphatic heterocycles. The molecule has 3 aromatic carbocycles. The molecule has 0 bridgehead atoms. The molecule has 0 unspecified atom stereocenters. The second kappa shape index (κ2) is 7.15. The van der Waals surface area contributed by atoms with E-state index < -0.39 is 9.84 Å². The number of rotatable bonds is 5. The zero-order valence-corrected chi connectivity index (χ0v) is 13.7. The Balaban J connectivity index is 1.76. The van der Waals surface area contributed by atoms with Crippen LogP contribution in [0.4, 0.5) is 0 Å². The molecule has 24 heavy (non-hydrogen) atoms. The van der Waals surface area contributed by atoms with Gasteiger partial charge in [-0.15, -0.1) is 0 Å². The SMILES string of the molecule is O=S(=O)(/C=C/c1ccccc1)c1ccc(Oc2ccccc2)cc1. The molecule has 4 heteroatoms. The average Bonchev–Trinajstić information content (AvgIpc) is 2.62. The van der Waals surface area contributed by atoms with Crippen molar-refractivity contribution in [1.82, 2.24) is 0 Å². The lowest BCUT2D eigenvalue weighted by molar-refractivity contribution is 0.482. The Morgan fingerprint density at radius 1 is 0.667 bits per heavy atom. The fourth-order valence-corrected chi connectivity index (χ4v) is 3.14. The minimum atomic E-state index is -3.48. The molecule has 0 heterocycles. The van der Waals surface area contributed by atoms with E-state index in [1.54, 1.807) is 30.3 Å². The summed E-state index contributed by atoms with van der Waals surface area (Å²) < 4.78 is 30.4. The van der Waals surface area contributed by atoms with E-state index >= 15 is 0 Å². The van der Waals surface area contributed by atoms with Crippen molar-refractivity contribution < 1.29 is 13.2 Å². The van der Waals surface area contributed by atoms with Crippen LogP contribution in [0.25, 0.3) is 6.08 Å². The predicted molar refractivity (Wildman–Crippen MR) is 95.6 cm³/mol. The zero-order valence-electron chi connectivity index (χ0n) is 12.9. The molecule has 3 aromatic rings. The van der Waals surface area contributed by atoms with E-state index in [9.17, 15) is 8.42 Å². The summed E-state index contributed by atoms with van der Waals surface area (Å²) >= 11 is 0. The Hall–Kier alpha value is -2.85. The van der Waals surface area contributed by atoms with Crippen LogP contribution in [0.3, 0.4) is 0 Å². The number of ether oxygens (including phenoxy) is 1. The Morgan fingerprint density at radius 2 is 1.21 bits per heavy atom. The molecule has 0 aromatic heterocycles. The summed E-state index contributed by atoms with van der Waals surface area (Å²) in [5.74, 6) is 1.30. The van der Waals surface area contributed by atoms with E-state index in [2.05, 4.69) is 0 Å². The molecule has 3 nitrogen and oxygen atoms in total. The van der Waals surface area contributed by atoms with Crippen LogP contribution in [0.2, 0.25) is 0 Å². The topological polar surface area (TPSA) is 43.4 Å². The molecule has 0 aliphatic rings. The van der Waals surface area contributed by atoms with Crippen LogP contribution >= 0.6 is 0 Å². The van der Waals surface area contributed by atoms with Gasteiger partial charge >= 0.3 is 0 Å². The second-order valence-electron chi connectivity index (χ2n) is 5.14. The van der Waals surface area contributed by atoms with E-state index in [1.807, 2.05) is 60.7 Å². The van der Waals surface area contributed by atoms with Crippen molar-refractivity contribution in [3.05, 3.63) is 95.9 Å². The van der Waals surface area contributed by atoms with E-state index in [4.69, 9.17) is 4.74 Å². The summed E-state index contributed by atoms with van der Waals surface area (Å²) in [6, 6.07) is 25.0. The molecule has 0 saturated heterocycles. The molecule has 0 radical (unpaired) electrons. The maximum Gasteiger partial charge on any atom is 0.199 e. The number of para-hydroxylation sites is 1. The first-order valence-corrected chi connectivity index (χ1v) is 8.99. The maximum absolute atomic E-state index is 12.3.